The van der Waals surface area contributed by atoms with Crippen molar-refractivity contribution < 1.29 is 9.53 Å². The second-order valence-corrected chi connectivity index (χ2v) is 3.91. The van der Waals surface area contributed by atoms with E-state index in [-0.39, 0.29) is 18.1 Å². The Morgan fingerprint density at radius 1 is 1.54 bits per heavy atom. The van der Waals surface area contributed by atoms with Gasteiger partial charge in [0.05, 0.1) is 0 Å². The summed E-state index contributed by atoms with van der Waals surface area (Å²) in [5, 5.41) is 0. The predicted molar refractivity (Wildman–Crippen MR) is 51.2 cm³/mol. The van der Waals surface area contributed by atoms with Crippen LogP contribution in [0.2, 0.25) is 0 Å². The van der Waals surface area contributed by atoms with Crippen molar-refractivity contribution in [3.63, 3.8) is 0 Å². The summed E-state index contributed by atoms with van der Waals surface area (Å²) < 4.78 is 5.27. The molecule has 13 heavy (non-hydrogen) atoms. The van der Waals surface area contributed by atoms with E-state index >= 15 is 0 Å². The average molecular weight is 185 g/mol. The van der Waals surface area contributed by atoms with Crippen LogP contribution in [0.15, 0.2) is 0 Å². The normalized spacial score (nSPS) is 20.2. The minimum absolute atomic E-state index is 0.0794. The van der Waals surface area contributed by atoms with Crippen molar-refractivity contribution in [2.24, 2.45) is 5.73 Å². The van der Waals surface area contributed by atoms with Crippen LogP contribution < -0.4 is 5.73 Å². The molecule has 0 spiro atoms. The molecule has 0 radical (unpaired) electrons. The molecule has 1 unspecified atom stereocenters. The number of rotatable bonds is 4. The van der Waals surface area contributed by atoms with Gasteiger partial charge in [-0.3, -0.25) is 4.79 Å². The molecule has 1 fully saturated rings. The van der Waals surface area contributed by atoms with Crippen LogP contribution in [0.1, 0.15) is 45.4 Å². The SMILES string of the molecule is CC(N)CCC(=O)OC1CCCC1. The smallest absolute Gasteiger partial charge is 0.306 e. The fourth-order valence-corrected chi connectivity index (χ4v) is 1.60. The summed E-state index contributed by atoms with van der Waals surface area (Å²) in [4.78, 5) is 11.2. The Balaban J connectivity index is 2.09. The summed E-state index contributed by atoms with van der Waals surface area (Å²) in [7, 11) is 0. The van der Waals surface area contributed by atoms with E-state index in [0.717, 1.165) is 19.3 Å². The number of ether oxygens (including phenoxy) is 1. The van der Waals surface area contributed by atoms with Crippen LogP contribution in [-0.2, 0) is 9.53 Å². The van der Waals surface area contributed by atoms with Gasteiger partial charge in [0.15, 0.2) is 0 Å². The van der Waals surface area contributed by atoms with E-state index < -0.39 is 0 Å². The van der Waals surface area contributed by atoms with Gasteiger partial charge in [0.1, 0.15) is 6.10 Å². The van der Waals surface area contributed by atoms with Gasteiger partial charge in [-0.2, -0.15) is 0 Å². The Morgan fingerprint density at radius 2 is 2.15 bits per heavy atom. The van der Waals surface area contributed by atoms with E-state index in [9.17, 15) is 4.79 Å². The molecule has 0 aromatic rings. The largest absolute Gasteiger partial charge is 0.462 e. The Hall–Kier alpha value is -0.570. The topological polar surface area (TPSA) is 52.3 Å². The Labute approximate surface area is 79.6 Å². The molecule has 3 nitrogen and oxygen atoms in total. The molecular weight excluding hydrogens is 166 g/mol. The second kappa shape index (κ2) is 5.22. The predicted octanol–water partition coefficient (Wildman–Crippen LogP) is 1.60. The molecular formula is C10H19NO2. The fraction of sp³-hybridized carbons (Fsp3) is 0.900. The number of hydrogen-bond donors (Lipinski definition) is 1. The van der Waals surface area contributed by atoms with E-state index in [1.165, 1.54) is 12.8 Å². The first-order valence-electron chi connectivity index (χ1n) is 5.13. The summed E-state index contributed by atoms with van der Waals surface area (Å²) in [5.41, 5.74) is 5.54. The zero-order valence-corrected chi connectivity index (χ0v) is 8.29. The molecule has 0 aromatic carbocycles. The molecule has 1 aliphatic carbocycles. The quantitative estimate of drug-likeness (QED) is 0.677. The van der Waals surface area contributed by atoms with Crippen molar-refractivity contribution in [1.29, 1.82) is 0 Å². The highest BCUT2D eigenvalue weighted by Gasteiger charge is 2.18. The molecule has 0 saturated heterocycles. The molecule has 0 heterocycles. The molecule has 0 aliphatic heterocycles. The number of esters is 1. The highest BCUT2D eigenvalue weighted by Crippen LogP contribution is 2.21. The van der Waals surface area contributed by atoms with Crippen LogP contribution in [-0.4, -0.2) is 18.1 Å². The fourth-order valence-electron chi connectivity index (χ4n) is 1.60. The van der Waals surface area contributed by atoms with Crippen LogP contribution in [0, 0.1) is 0 Å². The molecule has 2 N–H and O–H groups in total. The van der Waals surface area contributed by atoms with Crippen molar-refractivity contribution in [1.82, 2.24) is 0 Å². The maximum Gasteiger partial charge on any atom is 0.306 e. The lowest BCUT2D eigenvalue weighted by atomic mass is 10.2. The number of carbonyl (C=O) groups excluding carboxylic acids is 1. The van der Waals surface area contributed by atoms with Gasteiger partial charge in [-0.05, 0) is 39.0 Å². The molecule has 0 amide bonds. The van der Waals surface area contributed by atoms with Crippen LogP contribution in [0.4, 0.5) is 0 Å². The minimum Gasteiger partial charge on any atom is -0.462 e. The first-order chi connectivity index (χ1) is 6.18. The van der Waals surface area contributed by atoms with Crippen molar-refractivity contribution in [2.75, 3.05) is 0 Å². The molecule has 76 valence electrons. The van der Waals surface area contributed by atoms with Crippen molar-refractivity contribution in [3.8, 4) is 0 Å². The summed E-state index contributed by atoms with van der Waals surface area (Å²) in [6.45, 7) is 1.91. The average Bonchev–Trinajstić information content (AvgIpc) is 2.53. The van der Waals surface area contributed by atoms with E-state index in [4.69, 9.17) is 10.5 Å². The van der Waals surface area contributed by atoms with E-state index in [0.29, 0.717) is 6.42 Å². The number of hydrogen-bond acceptors (Lipinski definition) is 3. The standard InChI is InChI=1S/C10H19NO2/c1-8(11)6-7-10(12)13-9-4-2-3-5-9/h8-9H,2-7,11H2,1H3. The lowest BCUT2D eigenvalue weighted by molar-refractivity contribution is -0.148. The molecule has 0 aromatic heterocycles. The van der Waals surface area contributed by atoms with Crippen molar-refractivity contribution >= 4 is 5.97 Å². The summed E-state index contributed by atoms with van der Waals surface area (Å²) in [6.07, 6.45) is 5.88. The molecule has 1 rings (SSSR count). The lowest BCUT2D eigenvalue weighted by Gasteiger charge is -2.11. The van der Waals surface area contributed by atoms with Gasteiger partial charge in [0.25, 0.3) is 0 Å². The molecule has 1 aliphatic rings. The highest BCUT2D eigenvalue weighted by atomic mass is 16.5. The molecule has 0 bridgehead atoms. The zero-order chi connectivity index (χ0) is 9.68. The van der Waals surface area contributed by atoms with Gasteiger partial charge in [0, 0.05) is 12.5 Å². The van der Waals surface area contributed by atoms with Crippen LogP contribution in [0.3, 0.4) is 0 Å². The van der Waals surface area contributed by atoms with Gasteiger partial charge in [-0.1, -0.05) is 0 Å². The van der Waals surface area contributed by atoms with Gasteiger partial charge in [0.2, 0.25) is 0 Å². The van der Waals surface area contributed by atoms with E-state index in [2.05, 4.69) is 0 Å². The second-order valence-electron chi connectivity index (χ2n) is 3.91. The van der Waals surface area contributed by atoms with Gasteiger partial charge < -0.3 is 10.5 Å². The van der Waals surface area contributed by atoms with Crippen LogP contribution in [0.5, 0.6) is 0 Å². The summed E-state index contributed by atoms with van der Waals surface area (Å²) >= 11 is 0. The number of nitrogens with two attached hydrogens (primary N) is 1. The summed E-state index contributed by atoms with van der Waals surface area (Å²) in [6, 6.07) is 0.0936. The van der Waals surface area contributed by atoms with Crippen LogP contribution in [0.25, 0.3) is 0 Å². The Morgan fingerprint density at radius 3 is 2.69 bits per heavy atom. The highest BCUT2D eigenvalue weighted by molar-refractivity contribution is 5.69. The monoisotopic (exact) mass is 185 g/mol. The van der Waals surface area contributed by atoms with Gasteiger partial charge in [-0.25, -0.2) is 0 Å². The molecule has 1 saturated carbocycles. The van der Waals surface area contributed by atoms with E-state index in [1.807, 2.05) is 6.92 Å². The molecule has 1 atom stereocenters. The zero-order valence-electron chi connectivity index (χ0n) is 8.29. The summed E-state index contributed by atoms with van der Waals surface area (Å²) in [5.74, 6) is -0.0794. The van der Waals surface area contributed by atoms with Gasteiger partial charge >= 0.3 is 5.97 Å². The molecule has 3 heteroatoms. The minimum atomic E-state index is -0.0794. The maximum absolute atomic E-state index is 11.2. The Kier molecular flexibility index (Phi) is 4.22. The maximum atomic E-state index is 11.2. The number of carbonyl (C=O) groups is 1. The third-order valence-corrected chi connectivity index (χ3v) is 2.40. The van der Waals surface area contributed by atoms with Gasteiger partial charge in [-0.15, -0.1) is 0 Å². The van der Waals surface area contributed by atoms with E-state index in [1.54, 1.807) is 0 Å². The first-order valence-corrected chi connectivity index (χ1v) is 5.13. The van der Waals surface area contributed by atoms with Crippen LogP contribution >= 0.6 is 0 Å². The third kappa shape index (κ3) is 4.27. The third-order valence-electron chi connectivity index (χ3n) is 2.40. The van der Waals surface area contributed by atoms with Crippen molar-refractivity contribution in [2.45, 2.75) is 57.6 Å². The Bertz CT molecular complexity index is 162. The van der Waals surface area contributed by atoms with Crippen molar-refractivity contribution in [3.05, 3.63) is 0 Å². The lowest BCUT2D eigenvalue weighted by Crippen LogP contribution is -2.19. The first kappa shape index (κ1) is 10.5.